The van der Waals surface area contributed by atoms with Gasteiger partial charge >= 0.3 is 0 Å². The Bertz CT molecular complexity index is 267. The number of carbonyl (C=O) groups excluding carboxylic acids is 1. The molecule has 2 nitrogen and oxygen atoms in total. The zero-order chi connectivity index (χ0) is 9.84. The lowest BCUT2D eigenvalue weighted by Crippen LogP contribution is -1.96. The summed E-state index contributed by atoms with van der Waals surface area (Å²) in [5.41, 5.74) is 1.16. The molecule has 0 N–H and O–H groups in total. The average molecular weight is 179 g/mol. The van der Waals surface area contributed by atoms with Crippen molar-refractivity contribution in [1.29, 1.82) is 0 Å². The van der Waals surface area contributed by atoms with E-state index in [0.29, 0.717) is 6.42 Å². The summed E-state index contributed by atoms with van der Waals surface area (Å²) in [6, 6.07) is 2.00. The Morgan fingerprint density at radius 3 is 2.69 bits per heavy atom. The standard InChI is InChI=1S/C11H15O2/c1-8(4-5-12)6-11-7-9(2)10(3)13-11/h5-8H,4H2,1-3H3. The number of aryl methyl sites for hydroxylation is 2. The van der Waals surface area contributed by atoms with Crippen LogP contribution in [0.25, 0.3) is 0 Å². The summed E-state index contributed by atoms with van der Waals surface area (Å²) < 4.78 is 5.46. The first kappa shape index (κ1) is 10.0. The highest BCUT2D eigenvalue weighted by atomic mass is 16.3. The summed E-state index contributed by atoms with van der Waals surface area (Å²) in [4.78, 5) is 10.2. The van der Waals surface area contributed by atoms with Gasteiger partial charge in [0.1, 0.15) is 17.8 Å². The van der Waals surface area contributed by atoms with E-state index in [2.05, 4.69) is 0 Å². The third-order valence-electron chi connectivity index (χ3n) is 2.10. The maximum atomic E-state index is 10.2. The molecule has 1 radical (unpaired) electrons. The van der Waals surface area contributed by atoms with E-state index in [1.165, 1.54) is 0 Å². The highest BCUT2D eigenvalue weighted by Crippen LogP contribution is 2.19. The normalized spacial score (nSPS) is 12.8. The Morgan fingerprint density at radius 2 is 2.23 bits per heavy atom. The number of furan rings is 1. The largest absolute Gasteiger partial charge is 0.466 e. The summed E-state index contributed by atoms with van der Waals surface area (Å²) >= 11 is 0. The molecule has 1 heterocycles. The molecule has 0 aromatic carbocycles. The maximum Gasteiger partial charge on any atom is 0.120 e. The van der Waals surface area contributed by atoms with Crippen molar-refractivity contribution >= 4 is 6.29 Å². The topological polar surface area (TPSA) is 30.2 Å². The number of hydrogen-bond acceptors (Lipinski definition) is 2. The Labute approximate surface area is 78.9 Å². The molecule has 0 aliphatic rings. The van der Waals surface area contributed by atoms with E-state index in [9.17, 15) is 4.79 Å². The van der Waals surface area contributed by atoms with Crippen LogP contribution in [0.1, 0.15) is 30.4 Å². The quantitative estimate of drug-likeness (QED) is 0.665. The van der Waals surface area contributed by atoms with Crippen molar-refractivity contribution in [2.24, 2.45) is 5.92 Å². The number of hydrogen-bond donors (Lipinski definition) is 0. The fraction of sp³-hybridized carbons (Fsp3) is 0.455. The molecule has 0 saturated carbocycles. The molecule has 1 atom stereocenters. The summed E-state index contributed by atoms with van der Waals surface area (Å²) in [6.45, 7) is 5.96. The van der Waals surface area contributed by atoms with Crippen LogP contribution in [0.5, 0.6) is 0 Å². The van der Waals surface area contributed by atoms with Gasteiger partial charge in [-0.25, -0.2) is 0 Å². The van der Waals surface area contributed by atoms with Gasteiger partial charge in [0.15, 0.2) is 0 Å². The van der Waals surface area contributed by atoms with Gasteiger partial charge in [-0.2, -0.15) is 0 Å². The van der Waals surface area contributed by atoms with Crippen molar-refractivity contribution in [3.05, 3.63) is 29.6 Å². The van der Waals surface area contributed by atoms with Crippen molar-refractivity contribution in [3.8, 4) is 0 Å². The molecule has 1 aromatic heterocycles. The van der Waals surface area contributed by atoms with E-state index >= 15 is 0 Å². The predicted molar refractivity (Wildman–Crippen MR) is 51.4 cm³/mol. The first-order valence-corrected chi connectivity index (χ1v) is 4.49. The molecule has 0 spiro atoms. The molecular weight excluding hydrogens is 164 g/mol. The molecule has 1 aromatic rings. The molecule has 0 bridgehead atoms. The second-order valence-electron chi connectivity index (χ2n) is 3.43. The van der Waals surface area contributed by atoms with Crippen LogP contribution in [0.3, 0.4) is 0 Å². The SMILES string of the molecule is Cc1cc([CH]C(C)CC=O)oc1C. The number of aldehydes is 1. The van der Waals surface area contributed by atoms with Gasteiger partial charge in [-0.15, -0.1) is 0 Å². The second kappa shape index (κ2) is 4.26. The minimum Gasteiger partial charge on any atom is -0.466 e. The zero-order valence-corrected chi connectivity index (χ0v) is 8.33. The molecule has 0 aliphatic carbocycles. The average Bonchev–Trinajstić information content (AvgIpc) is 2.31. The molecule has 1 rings (SSSR count). The van der Waals surface area contributed by atoms with E-state index < -0.39 is 0 Å². The Balaban J connectivity index is 2.58. The van der Waals surface area contributed by atoms with Gasteiger partial charge in [0, 0.05) is 12.8 Å². The predicted octanol–water partition coefficient (Wildman–Crippen LogP) is 2.67. The zero-order valence-electron chi connectivity index (χ0n) is 8.33. The van der Waals surface area contributed by atoms with Gasteiger partial charge in [0.05, 0.1) is 0 Å². The van der Waals surface area contributed by atoms with E-state index in [0.717, 1.165) is 23.4 Å². The minimum absolute atomic E-state index is 0.252. The molecule has 0 aliphatic heterocycles. The van der Waals surface area contributed by atoms with Gasteiger partial charge in [-0.1, -0.05) is 6.92 Å². The summed E-state index contributed by atoms with van der Waals surface area (Å²) in [6.07, 6.45) is 3.47. The van der Waals surface area contributed by atoms with E-state index in [4.69, 9.17) is 4.42 Å². The molecule has 71 valence electrons. The third kappa shape index (κ3) is 2.72. The highest BCUT2D eigenvalue weighted by molar-refractivity contribution is 5.50. The van der Waals surface area contributed by atoms with E-state index in [-0.39, 0.29) is 5.92 Å². The summed E-state index contributed by atoms with van der Waals surface area (Å²) in [5, 5.41) is 0. The Morgan fingerprint density at radius 1 is 1.54 bits per heavy atom. The van der Waals surface area contributed by atoms with Crippen molar-refractivity contribution < 1.29 is 9.21 Å². The molecule has 0 saturated heterocycles. The smallest absolute Gasteiger partial charge is 0.120 e. The van der Waals surface area contributed by atoms with Crippen LogP contribution in [0.15, 0.2) is 10.5 Å². The van der Waals surface area contributed by atoms with Crippen LogP contribution in [-0.4, -0.2) is 6.29 Å². The van der Waals surface area contributed by atoms with E-state index in [1.54, 1.807) is 0 Å². The van der Waals surface area contributed by atoms with Crippen LogP contribution >= 0.6 is 0 Å². The van der Waals surface area contributed by atoms with Crippen molar-refractivity contribution in [2.45, 2.75) is 27.2 Å². The maximum absolute atomic E-state index is 10.2. The molecule has 0 amide bonds. The van der Waals surface area contributed by atoms with Crippen LogP contribution < -0.4 is 0 Å². The van der Waals surface area contributed by atoms with Gasteiger partial charge < -0.3 is 9.21 Å². The first-order chi connectivity index (χ1) is 6.13. The van der Waals surface area contributed by atoms with Gasteiger partial charge in [-0.3, -0.25) is 0 Å². The van der Waals surface area contributed by atoms with Crippen molar-refractivity contribution in [2.75, 3.05) is 0 Å². The Hall–Kier alpha value is -1.05. The van der Waals surface area contributed by atoms with Crippen LogP contribution in [0.2, 0.25) is 0 Å². The number of rotatable bonds is 4. The minimum atomic E-state index is 0.252. The fourth-order valence-electron chi connectivity index (χ4n) is 1.18. The van der Waals surface area contributed by atoms with Crippen molar-refractivity contribution in [3.63, 3.8) is 0 Å². The Kier molecular flexibility index (Phi) is 3.29. The second-order valence-corrected chi connectivity index (χ2v) is 3.43. The van der Waals surface area contributed by atoms with Crippen LogP contribution in [0, 0.1) is 26.2 Å². The van der Waals surface area contributed by atoms with Crippen molar-refractivity contribution in [1.82, 2.24) is 0 Å². The van der Waals surface area contributed by atoms with Gasteiger partial charge in [0.25, 0.3) is 0 Å². The summed E-state index contributed by atoms with van der Waals surface area (Å²) in [7, 11) is 0. The molecule has 1 unspecified atom stereocenters. The summed E-state index contributed by atoms with van der Waals surface area (Å²) in [5.74, 6) is 2.07. The molecule has 0 fully saturated rings. The monoisotopic (exact) mass is 179 g/mol. The van der Waals surface area contributed by atoms with Gasteiger partial charge in [-0.05, 0) is 31.4 Å². The van der Waals surface area contributed by atoms with E-state index in [1.807, 2.05) is 33.3 Å². The molecule has 13 heavy (non-hydrogen) atoms. The molecular formula is C11H15O2. The van der Waals surface area contributed by atoms with Crippen LogP contribution in [0.4, 0.5) is 0 Å². The lowest BCUT2D eigenvalue weighted by Gasteiger charge is -2.02. The molecule has 2 heteroatoms. The van der Waals surface area contributed by atoms with Gasteiger partial charge in [0.2, 0.25) is 0 Å². The number of carbonyl (C=O) groups is 1. The van der Waals surface area contributed by atoms with Crippen LogP contribution in [-0.2, 0) is 4.79 Å². The highest BCUT2D eigenvalue weighted by Gasteiger charge is 2.08. The lowest BCUT2D eigenvalue weighted by atomic mass is 10.0. The fourth-order valence-corrected chi connectivity index (χ4v) is 1.18. The third-order valence-corrected chi connectivity index (χ3v) is 2.10. The first-order valence-electron chi connectivity index (χ1n) is 4.49. The lowest BCUT2D eigenvalue weighted by molar-refractivity contribution is -0.108.